The monoisotopic (exact) mass is 264 g/mol. The third-order valence-electron chi connectivity index (χ3n) is 3.00. The lowest BCUT2D eigenvalue weighted by Crippen LogP contribution is -2.40. The fourth-order valence-corrected chi connectivity index (χ4v) is 1.51. The quantitative estimate of drug-likeness (QED) is 0.800. The van der Waals surface area contributed by atoms with Gasteiger partial charge in [0.1, 0.15) is 0 Å². The molecule has 0 radical (unpaired) electrons. The van der Waals surface area contributed by atoms with E-state index in [4.69, 9.17) is 5.11 Å². The van der Waals surface area contributed by atoms with Crippen LogP contribution in [0.1, 0.15) is 30.6 Å². The fraction of sp³-hybridized carbons (Fsp3) is 0.429. The van der Waals surface area contributed by atoms with Crippen LogP contribution in [-0.2, 0) is 0 Å². The van der Waals surface area contributed by atoms with Gasteiger partial charge in [-0.25, -0.2) is 4.79 Å². The number of carbonyl (C=O) groups excluding carboxylic acids is 2. The summed E-state index contributed by atoms with van der Waals surface area (Å²) in [5, 5.41) is 11.7. The molecule has 2 N–H and O–H groups in total. The highest BCUT2D eigenvalue weighted by molar-refractivity contribution is 5.98. The Morgan fingerprint density at radius 2 is 2.11 bits per heavy atom. The van der Waals surface area contributed by atoms with Crippen molar-refractivity contribution >= 4 is 17.5 Å². The number of carbonyl (C=O) groups is 2. The molecule has 1 unspecified atom stereocenters. The molecular formula is C14H20N2O3. The molecule has 0 heterocycles. The number of hydrogen-bond donors (Lipinski definition) is 2. The zero-order valence-electron chi connectivity index (χ0n) is 11.5. The Hall–Kier alpha value is -1.88. The number of nitrogens with one attached hydrogen (secondary N) is 1. The van der Waals surface area contributed by atoms with E-state index in [9.17, 15) is 9.59 Å². The number of urea groups is 1. The van der Waals surface area contributed by atoms with E-state index in [1.54, 1.807) is 45.2 Å². The summed E-state index contributed by atoms with van der Waals surface area (Å²) in [6, 6.07) is 6.25. The van der Waals surface area contributed by atoms with E-state index in [-0.39, 0.29) is 24.5 Å². The van der Waals surface area contributed by atoms with Crippen LogP contribution in [0.5, 0.6) is 0 Å². The zero-order valence-corrected chi connectivity index (χ0v) is 11.5. The van der Waals surface area contributed by atoms with E-state index in [0.717, 1.165) is 0 Å². The van der Waals surface area contributed by atoms with Crippen molar-refractivity contribution < 1.29 is 14.7 Å². The van der Waals surface area contributed by atoms with E-state index >= 15 is 0 Å². The lowest BCUT2D eigenvalue weighted by Gasteiger charge is -2.23. The summed E-state index contributed by atoms with van der Waals surface area (Å²) >= 11 is 0. The van der Waals surface area contributed by atoms with E-state index in [1.165, 1.54) is 4.90 Å². The van der Waals surface area contributed by atoms with Crippen molar-refractivity contribution in [2.45, 2.75) is 26.3 Å². The van der Waals surface area contributed by atoms with Crippen molar-refractivity contribution in [1.29, 1.82) is 0 Å². The highest BCUT2D eigenvalue weighted by atomic mass is 16.3. The average molecular weight is 264 g/mol. The number of likely N-dealkylation sites (N-methyl/N-ethyl adjacent to an activating group) is 1. The first-order valence-corrected chi connectivity index (χ1v) is 6.27. The summed E-state index contributed by atoms with van der Waals surface area (Å²) < 4.78 is 0. The number of aliphatic hydroxyl groups is 1. The molecule has 0 aliphatic heterocycles. The standard InChI is InChI=1S/C14H20N2O3/c1-4-13(18)11-6-5-7-12(8-11)15-14(19)16(3)10(2)9-17/h5-8,10,17H,4,9H2,1-3H3,(H,15,19). The van der Waals surface area contributed by atoms with Crippen LogP contribution >= 0.6 is 0 Å². The Morgan fingerprint density at radius 3 is 2.68 bits per heavy atom. The van der Waals surface area contributed by atoms with Gasteiger partial charge >= 0.3 is 6.03 Å². The number of hydrogen-bond acceptors (Lipinski definition) is 3. The van der Waals surface area contributed by atoms with E-state index in [0.29, 0.717) is 17.7 Å². The van der Waals surface area contributed by atoms with Crippen LogP contribution in [0.25, 0.3) is 0 Å². The number of rotatable bonds is 5. The zero-order chi connectivity index (χ0) is 14.4. The van der Waals surface area contributed by atoms with Gasteiger partial charge in [-0.05, 0) is 19.1 Å². The maximum absolute atomic E-state index is 11.9. The Bertz CT molecular complexity index is 460. The van der Waals surface area contributed by atoms with Gasteiger partial charge in [-0.3, -0.25) is 4.79 Å². The Morgan fingerprint density at radius 1 is 1.42 bits per heavy atom. The molecule has 0 bridgehead atoms. The van der Waals surface area contributed by atoms with Crippen LogP contribution in [0.4, 0.5) is 10.5 Å². The predicted molar refractivity (Wildman–Crippen MR) is 74.4 cm³/mol. The van der Waals surface area contributed by atoms with Crippen LogP contribution in [0.2, 0.25) is 0 Å². The van der Waals surface area contributed by atoms with Gasteiger partial charge in [0.25, 0.3) is 0 Å². The van der Waals surface area contributed by atoms with Crippen molar-refractivity contribution in [2.24, 2.45) is 0 Å². The molecule has 0 aliphatic rings. The first-order chi connectivity index (χ1) is 8.99. The number of ketones is 1. The normalized spacial score (nSPS) is 11.8. The molecular weight excluding hydrogens is 244 g/mol. The summed E-state index contributed by atoms with van der Waals surface area (Å²) in [5.74, 6) is 0.0354. The van der Waals surface area contributed by atoms with Gasteiger partial charge in [0.05, 0.1) is 12.6 Å². The Kier molecular flexibility index (Phi) is 5.51. The third kappa shape index (κ3) is 4.06. The van der Waals surface area contributed by atoms with Gasteiger partial charge in [0.2, 0.25) is 0 Å². The van der Waals surface area contributed by atoms with Crippen molar-refractivity contribution in [3.8, 4) is 0 Å². The number of aliphatic hydroxyl groups excluding tert-OH is 1. The van der Waals surface area contributed by atoms with Crippen molar-refractivity contribution in [2.75, 3.05) is 19.0 Å². The average Bonchev–Trinajstić information content (AvgIpc) is 2.44. The second-order valence-electron chi connectivity index (χ2n) is 4.43. The van der Waals surface area contributed by atoms with E-state index in [1.807, 2.05) is 0 Å². The number of anilines is 1. The molecule has 5 heteroatoms. The molecule has 1 atom stereocenters. The van der Waals surface area contributed by atoms with Gasteiger partial charge in [-0.2, -0.15) is 0 Å². The van der Waals surface area contributed by atoms with Gasteiger partial charge in [0.15, 0.2) is 5.78 Å². The maximum atomic E-state index is 11.9. The Balaban J connectivity index is 2.77. The van der Waals surface area contributed by atoms with Crippen molar-refractivity contribution in [3.05, 3.63) is 29.8 Å². The second-order valence-corrected chi connectivity index (χ2v) is 4.43. The van der Waals surface area contributed by atoms with Crippen molar-refractivity contribution in [1.82, 2.24) is 4.90 Å². The molecule has 0 aromatic heterocycles. The summed E-state index contributed by atoms with van der Waals surface area (Å²) in [7, 11) is 1.61. The molecule has 2 amide bonds. The summed E-state index contributed by atoms with van der Waals surface area (Å²) in [4.78, 5) is 24.9. The lowest BCUT2D eigenvalue weighted by atomic mass is 10.1. The largest absolute Gasteiger partial charge is 0.394 e. The van der Waals surface area contributed by atoms with Crippen molar-refractivity contribution in [3.63, 3.8) is 0 Å². The van der Waals surface area contributed by atoms with Crippen LogP contribution < -0.4 is 5.32 Å². The minimum atomic E-state index is -0.317. The van der Waals surface area contributed by atoms with Gasteiger partial charge in [-0.15, -0.1) is 0 Å². The first-order valence-electron chi connectivity index (χ1n) is 6.27. The highest BCUT2D eigenvalue weighted by Gasteiger charge is 2.15. The van der Waals surface area contributed by atoms with Crippen LogP contribution in [-0.4, -0.2) is 41.5 Å². The molecule has 104 valence electrons. The fourth-order valence-electron chi connectivity index (χ4n) is 1.51. The number of amides is 2. The van der Waals surface area contributed by atoms with Crippen LogP contribution in [0.15, 0.2) is 24.3 Å². The molecule has 0 saturated heterocycles. The van der Waals surface area contributed by atoms with E-state index in [2.05, 4.69) is 5.32 Å². The number of nitrogens with zero attached hydrogens (tertiary/aromatic N) is 1. The third-order valence-corrected chi connectivity index (χ3v) is 3.00. The maximum Gasteiger partial charge on any atom is 0.321 e. The summed E-state index contributed by atoms with van der Waals surface area (Å²) in [6.07, 6.45) is 0.429. The molecule has 1 aromatic carbocycles. The van der Waals surface area contributed by atoms with Crippen LogP contribution in [0.3, 0.4) is 0 Å². The molecule has 0 saturated carbocycles. The Labute approximate surface area is 113 Å². The molecule has 0 spiro atoms. The number of benzene rings is 1. The second kappa shape index (κ2) is 6.89. The minimum Gasteiger partial charge on any atom is -0.394 e. The predicted octanol–water partition coefficient (Wildman–Crippen LogP) is 2.12. The molecule has 0 aliphatic carbocycles. The SMILES string of the molecule is CCC(=O)c1cccc(NC(=O)N(C)C(C)CO)c1. The molecule has 1 aromatic rings. The smallest absolute Gasteiger partial charge is 0.321 e. The number of Topliss-reactive ketones (excluding diaryl/α,β-unsaturated/α-hetero) is 1. The topological polar surface area (TPSA) is 69.6 Å². The molecule has 5 nitrogen and oxygen atoms in total. The minimum absolute atomic E-state index is 0.0354. The summed E-state index contributed by atoms with van der Waals surface area (Å²) in [6.45, 7) is 3.44. The highest BCUT2D eigenvalue weighted by Crippen LogP contribution is 2.13. The van der Waals surface area contributed by atoms with Crippen LogP contribution in [0, 0.1) is 0 Å². The summed E-state index contributed by atoms with van der Waals surface area (Å²) in [5.41, 5.74) is 1.15. The van der Waals surface area contributed by atoms with Gasteiger partial charge < -0.3 is 15.3 Å². The lowest BCUT2D eigenvalue weighted by molar-refractivity contribution is 0.0988. The van der Waals surface area contributed by atoms with E-state index < -0.39 is 0 Å². The van der Waals surface area contributed by atoms with Gasteiger partial charge in [0, 0.05) is 24.7 Å². The molecule has 1 rings (SSSR count). The molecule has 0 fully saturated rings. The first kappa shape index (κ1) is 15.2. The molecule has 19 heavy (non-hydrogen) atoms. The van der Waals surface area contributed by atoms with Gasteiger partial charge in [-0.1, -0.05) is 19.1 Å².